The molecule has 2 N–H and O–H groups in total. The van der Waals surface area contributed by atoms with E-state index in [4.69, 9.17) is 11.6 Å². The first-order chi connectivity index (χ1) is 11.6. The van der Waals surface area contributed by atoms with E-state index in [1.165, 1.54) is 26.0 Å². The number of amides is 1. The van der Waals surface area contributed by atoms with Crippen molar-refractivity contribution in [1.29, 1.82) is 0 Å². The molecular weight excluding hydrogens is 368 g/mol. The van der Waals surface area contributed by atoms with Gasteiger partial charge in [0.15, 0.2) is 0 Å². The van der Waals surface area contributed by atoms with Gasteiger partial charge in [0.2, 0.25) is 15.9 Å². The maximum absolute atomic E-state index is 12.6. The Morgan fingerprint density at radius 2 is 2.08 bits per heavy atom. The number of hydrogen-bond acceptors (Lipinski definition) is 4. The minimum Gasteiger partial charge on any atom is -0.478 e. The van der Waals surface area contributed by atoms with E-state index in [0.29, 0.717) is 13.1 Å². The van der Waals surface area contributed by atoms with E-state index in [1.54, 1.807) is 4.90 Å². The average Bonchev–Trinajstić information content (AvgIpc) is 2.54. The first-order valence-electron chi connectivity index (χ1n) is 7.90. The highest BCUT2D eigenvalue weighted by molar-refractivity contribution is 7.89. The van der Waals surface area contributed by atoms with Gasteiger partial charge in [-0.25, -0.2) is 17.9 Å². The Bertz CT molecular complexity index is 794. The molecule has 138 valence electrons. The number of nitrogens with one attached hydrogen (secondary N) is 1. The largest absolute Gasteiger partial charge is 0.478 e. The van der Waals surface area contributed by atoms with Gasteiger partial charge < -0.3 is 10.0 Å². The van der Waals surface area contributed by atoms with E-state index in [0.717, 1.165) is 12.8 Å². The van der Waals surface area contributed by atoms with Gasteiger partial charge in [-0.1, -0.05) is 11.6 Å². The molecule has 0 spiro atoms. The van der Waals surface area contributed by atoms with Crippen LogP contribution in [0.4, 0.5) is 0 Å². The standard InChI is InChI=1S/C16H21ClN2O5S/c1-10-14(16(21)22)6-13(17)7-15(10)25(23,24)18-8-12-4-3-5-19(9-12)11(2)20/h6-7,12,18H,3-5,8-9H2,1-2H3,(H,21,22). The number of halogens is 1. The Labute approximate surface area is 152 Å². The Balaban J connectivity index is 2.17. The van der Waals surface area contributed by atoms with Crippen molar-refractivity contribution in [1.82, 2.24) is 9.62 Å². The van der Waals surface area contributed by atoms with E-state index >= 15 is 0 Å². The lowest BCUT2D eigenvalue weighted by Crippen LogP contribution is -2.42. The summed E-state index contributed by atoms with van der Waals surface area (Å²) in [4.78, 5) is 24.3. The van der Waals surface area contributed by atoms with Gasteiger partial charge in [-0.2, -0.15) is 0 Å². The molecule has 1 amide bonds. The van der Waals surface area contributed by atoms with Crippen molar-refractivity contribution in [2.24, 2.45) is 5.92 Å². The molecule has 0 radical (unpaired) electrons. The van der Waals surface area contributed by atoms with Crippen molar-refractivity contribution in [2.45, 2.75) is 31.6 Å². The van der Waals surface area contributed by atoms with Crippen molar-refractivity contribution < 1.29 is 23.1 Å². The molecular formula is C16H21ClN2O5S. The molecule has 1 fully saturated rings. The van der Waals surface area contributed by atoms with Crippen LogP contribution in [0, 0.1) is 12.8 Å². The van der Waals surface area contributed by atoms with Crippen LogP contribution in [0.2, 0.25) is 5.02 Å². The fourth-order valence-electron chi connectivity index (χ4n) is 2.98. The molecule has 1 aliphatic heterocycles. The lowest BCUT2D eigenvalue weighted by molar-refractivity contribution is -0.130. The molecule has 1 unspecified atom stereocenters. The first kappa shape index (κ1) is 19.7. The number of hydrogen-bond donors (Lipinski definition) is 2. The summed E-state index contributed by atoms with van der Waals surface area (Å²) in [5.41, 5.74) is -0.00768. The summed E-state index contributed by atoms with van der Waals surface area (Å²) in [6.07, 6.45) is 1.65. The summed E-state index contributed by atoms with van der Waals surface area (Å²) in [6.45, 7) is 4.31. The summed E-state index contributed by atoms with van der Waals surface area (Å²) in [5, 5.41) is 9.23. The number of rotatable bonds is 5. The smallest absolute Gasteiger partial charge is 0.336 e. The molecule has 1 aromatic rings. The minimum absolute atomic E-state index is 0.0193. The lowest BCUT2D eigenvalue weighted by Gasteiger charge is -2.32. The van der Waals surface area contributed by atoms with Crippen molar-refractivity contribution in [3.63, 3.8) is 0 Å². The highest BCUT2D eigenvalue weighted by atomic mass is 35.5. The van der Waals surface area contributed by atoms with Crippen molar-refractivity contribution in [3.8, 4) is 0 Å². The van der Waals surface area contributed by atoms with E-state index in [-0.39, 0.29) is 39.4 Å². The molecule has 1 atom stereocenters. The minimum atomic E-state index is -3.91. The van der Waals surface area contributed by atoms with Crippen LogP contribution in [-0.2, 0) is 14.8 Å². The van der Waals surface area contributed by atoms with Gasteiger partial charge in [0, 0.05) is 31.6 Å². The van der Waals surface area contributed by atoms with Gasteiger partial charge in [0.25, 0.3) is 0 Å². The second kappa shape index (κ2) is 7.72. The number of likely N-dealkylation sites (tertiary alicyclic amines) is 1. The van der Waals surface area contributed by atoms with Crippen molar-refractivity contribution in [3.05, 3.63) is 28.3 Å². The number of aromatic carboxylic acids is 1. The zero-order valence-electron chi connectivity index (χ0n) is 14.1. The van der Waals surface area contributed by atoms with Crippen LogP contribution < -0.4 is 4.72 Å². The second-order valence-electron chi connectivity index (χ2n) is 6.21. The normalized spacial score (nSPS) is 18.2. The third-order valence-corrected chi connectivity index (χ3v) is 6.14. The fourth-order valence-corrected chi connectivity index (χ4v) is 4.67. The summed E-state index contributed by atoms with van der Waals surface area (Å²) in [5.74, 6) is -1.24. The predicted molar refractivity (Wildman–Crippen MR) is 93.3 cm³/mol. The number of carboxylic acid groups (broad SMARTS) is 1. The molecule has 0 bridgehead atoms. The first-order valence-corrected chi connectivity index (χ1v) is 9.76. The lowest BCUT2D eigenvalue weighted by atomic mass is 9.98. The van der Waals surface area contributed by atoms with Gasteiger partial charge in [0.05, 0.1) is 10.5 Å². The molecule has 1 aliphatic rings. The number of sulfonamides is 1. The van der Waals surface area contributed by atoms with Crippen molar-refractivity contribution in [2.75, 3.05) is 19.6 Å². The number of nitrogens with zero attached hydrogens (tertiary/aromatic N) is 1. The van der Waals surface area contributed by atoms with Crippen LogP contribution in [0.25, 0.3) is 0 Å². The van der Waals surface area contributed by atoms with Gasteiger partial charge >= 0.3 is 5.97 Å². The second-order valence-corrected chi connectivity index (χ2v) is 8.38. The van der Waals surface area contributed by atoms with Crippen molar-refractivity contribution >= 4 is 33.5 Å². The predicted octanol–water partition coefficient (Wildman–Crippen LogP) is 1.88. The third-order valence-electron chi connectivity index (χ3n) is 4.37. The number of piperidine rings is 1. The summed E-state index contributed by atoms with van der Waals surface area (Å²) >= 11 is 5.88. The van der Waals surface area contributed by atoms with E-state index < -0.39 is 16.0 Å². The average molecular weight is 389 g/mol. The summed E-state index contributed by atoms with van der Waals surface area (Å²) in [7, 11) is -3.91. The van der Waals surface area contributed by atoms with E-state index in [2.05, 4.69) is 4.72 Å². The number of carbonyl (C=O) groups excluding carboxylic acids is 1. The Morgan fingerprint density at radius 1 is 1.40 bits per heavy atom. The quantitative estimate of drug-likeness (QED) is 0.801. The summed E-state index contributed by atoms with van der Waals surface area (Å²) < 4.78 is 27.7. The van der Waals surface area contributed by atoms with Crippen LogP contribution in [0.5, 0.6) is 0 Å². The molecule has 0 aliphatic carbocycles. The molecule has 7 nitrogen and oxygen atoms in total. The topological polar surface area (TPSA) is 104 Å². The molecule has 1 saturated heterocycles. The fraction of sp³-hybridized carbons (Fsp3) is 0.500. The van der Waals surface area contributed by atoms with E-state index in [1.807, 2.05) is 0 Å². The van der Waals surface area contributed by atoms with Crippen LogP contribution in [-0.4, -0.2) is 49.9 Å². The van der Waals surface area contributed by atoms with Gasteiger partial charge in [-0.15, -0.1) is 0 Å². The molecule has 0 saturated carbocycles. The highest BCUT2D eigenvalue weighted by Crippen LogP contribution is 2.25. The molecule has 2 rings (SSSR count). The number of benzene rings is 1. The van der Waals surface area contributed by atoms with Crippen LogP contribution >= 0.6 is 11.6 Å². The monoisotopic (exact) mass is 388 g/mol. The third kappa shape index (κ3) is 4.71. The van der Waals surface area contributed by atoms with Gasteiger partial charge in [-0.05, 0) is 43.4 Å². The Kier molecular flexibility index (Phi) is 6.08. The highest BCUT2D eigenvalue weighted by Gasteiger charge is 2.26. The summed E-state index contributed by atoms with van der Waals surface area (Å²) in [6, 6.07) is 2.47. The van der Waals surface area contributed by atoms with E-state index in [9.17, 15) is 23.1 Å². The van der Waals surface area contributed by atoms with Crippen LogP contribution in [0.1, 0.15) is 35.7 Å². The van der Waals surface area contributed by atoms with Crippen LogP contribution in [0.15, 0.2) is 17.0 Å². The van der Waals surface area contributed by atoms with Gasteiger partial charge in [0.1, 0.15) is 0 Å². The molecule has 1 aromatic carbocycles. The maximum atomic E-state index is 12.6. The van der Waals surface area contributed by atoms with Crippen LogP contribution in [0.3, 0.4) is 0 Å². The number of carbonyl (C=O) groups is 2. The number of carboxylic acids is 1. The zero-order valence-corrected chi connectivity index (χ0v) is 15.7. The maximum Gasteiger partial charge on any atom is 0.336 e. The Hall–Kier alpha value is -1.64. The van der Waals surface area contributed by atoms with Gasteiger partial charge in [-0.3, -0.25) is 4.79 Å². The zero-order chi connectivity index (χ0) is 18.8. The molecule has 9 heteroatoms. The SMILES string of the molecule is CC(=O)N1CCCC(CNS(=O)(=O)c2cc(Cl)cc(C(=O)O)c2C)C1. The molecule has 1 heterocycles. The molecule has 0 aromatic heterocycles. The Morgan fingerprint density at radius 3 is 2.68 bits per heavy atom. The molecule has 25 heavy (non-hydrogen) atoms.